The van der Waals surface area contributed by atoms with Crippen LogP contribution in [0.4, 0.5) is 0 Å². The number of benzene rings is 1. The first-order valence-corrected chi connectivity index (χ1v) is 8.78. The minimum atomic E-state index is 0.00869. The van der Waals surface area contributed by atoms with Gasteiger partial charge in [0.15, 0.2) is 0 Å². The van der Waals surface area contributed by atoms with Gasteiger partial charge in [-0.25, -0.2) is 0 Å². The lowest BCUT2D eigenvalue weighted by molar-refractivity contribution is 0.0754. The number of carbonyl (C=O) groups is 1. The van der Waals surface area contributed by atoms with E-state index in [0.717, 1.165) is 13.1 Å². The summed E-state index contributed by atoms with van der Waals surface area (Å²) in [6.45, 7) is 3.26. The number of thiophene rings is 1. The fourth-order valence-corrected chi connectivity index (χ4v) is 3.76. The van der Waals surface area contributed by atoms with Crippen LogP contribution in [-0.2, 0) is 6.54 Å². The normalized spacial score (nSPS) is 10.6. The predicted octanol–water partition coefficient (Wildman–Crippen LogP) is 5.59. The van der Waals surface area contributed by atoms with Gasteiger partial charge in [-0.15, -0.1) is 11.3 Å². The molecule has 106 valence electrons. The van der Waals surface area contributed by atoms with Crippen LogP contribution in [0.5, 0.6) is 0 Å². The Kier molecular flexibility index (Phi) is 5.66. The van der Waals surface area contributed by atoms with Crippen LogP contribution in [0, 0.1) is 0 Å². The summed E-state index contributed by atoms with van der Waals surface area (Å²) in [7, 11) is 0. The number of hydrogen-bond donors (Lipinski definition) is 0. The van der Waals surface area contributed by atoms with Crippen molar-refractivity contribution in [3.05, 3.63) is 54.1 Å². The maximum Gasteiger partial charge on any atom is 0.254 e. The SMILES string of the molecule is CCN(Cc1ccc(Br)s1)C(=O)c1ccc(Cl)c(Br)c1. The fraction of sp³-hybridized carbons (Fsp3) is 0.214. The summed E-state index contributed by atoms with van der Waals surface area (Å²) in [5.41, 5.74) is 0.638. The molecule has 0 aliphatic rings. The molecule has 1 aromatic carbocycles. The lowest BCUT2D eigenvalue weighted by atomic mass is 10.2. The van der Waals surface area contributed by atoms with Crippen molar-refractivity contribution in [2.45, 2.75) is 13.5 Å². The summed E-state index contributed by atoms with van der Waals surface area (Å²) in [5.74, 6) is 0.00869. The van der Waals surface area contributed by atoms with Gasteiger partial charge in [-0.2, -0.15) is 0 Å². The van der Waals surface area contributed by atoms with Crippen molar-refractivity contribution in [2.75, 3.05) is 6.54 Å². The molecule has 2 aromatic rings. The highest BCUT2D eigenvalue weighted by Gasteiger charge is 2.16. The number of nitrogens with zero attached hydrogens (tertiary/aromatic N) is 1. The van der Waals surface area contributed by atoms with E-state index in [9.17, 15) is 4.79 Å². The second kappa shape index (κ2) is 7.07. The molecule has 0 fully saturated rings. The van der Waals surface area contributed by atoms with E-state index in [0.29, 0.717) is 23.7 Å². The Labute approximate surface area is 144 Å². The van der Waals surface area contributed by atoms with Crippen LogP contribution in [0.2, 0.25) is 5.02 Å². The number of amides is 1. The van der Waals surface area contributed by atoms with Gasteiger partial charge in [0.2, 0.25) is 0 Å². The molecule has 2 nitrogen and oxygen atoms in total. The van der Waals surface area contributed by atoms with Gasteiger partial charge < -0.3 is 4.90 Å². The number of hydrogen-bond acceptors (Lipinski definition) is 2. The second-order valence-electron chi connectivity index (χ2n) is 4.15. The summed E-state index contributed by atoms with van der Waals surface area (Å²) in [4.78, 5) is 15.5. The Morgan fingerprint density at radius 3 is 2.60 bits per heavy atom. The van der Waals surface area contributed by atoms with Crippen LogP contribution >= 0.6 is 54.8 Å². The molecule has 0 aliphatic carbocycles. The minimum Gasteiger partial charge on any atom is -0.334 e. The van der Waals surface area contributed by atoms with Crippen molar-refractivity contribution < 1.29 is 4.79 Å². The quantitative estimate of drug-likeness (QED) is 0.611. The molecule has 0 bridgehead atoms. The predicted molar refractivity (Wildman–Crippen MR) is 91.6 cm³/mol. The van der Waals surface area contributed by atoms with E-state index in [1.807, 2.05) is 24.0 Å². The molecule has 0 N–H and O–H groups in total. The van der Waals surface area contributed by atoms with E-state index < -0.39 is 0 Å². The largest absolute Gasteiger partial charge is 0.334 e. The van der Waals surface area contributed by atoms with Crippen molar-refractivity contribution in [1.29, 1.82) is 0 Å². The summed E-state index contributed by atoms with van der Waals surface area (Å²) in [5, 5.41) is 0.604. The second-order valence-corrected chi connectivity index (χ2v) is 7.96. The summed E-state index contributed by atoms with van der Waals surface area (Å²) in [6.07, 6.45) is 0. The molecule has 2 rings (SSSR count). The van der Waals surface area contributed by atoms with Gasteiger partial charge in [0.25, 0.3) is 5.91 Å². The number of carbonyl (C=O) groups excluding carboxylic acids is 1. The third-order valence-electron chi connectivity index (χ3n) is 2.81. The molecule has 0 spiro atoms. The molecule has 0 radical (unpaired) electrons. The zero-order valence-corrected chi connectivity index (χ0v) is 15.4. The Morgan fingerprint density at radius 2 is 2.05 bits per heavy atom. The van der Waals surface area contributed by atoms with Crippen LogP contribution in [0.1, 0.15) is 22.2 Å². The average molecular weight is 438 g/mol. The van der Waals surface area contributed by atoms with Gasteiger partial charge in [-0.05, 0) is 69.1 Å². The molecular formula is C14H12Br2ClNOS. The maximum absolute atomic E-state index is 12.5. The topological polar surface area (TPSA) is 20.3 Å². The zero-order chi connectivity index (χ0) is 14.7. The van der Waals surface area contributed by atoms with Gasteiger partial charge in [0.05, 0.1) is 15.4 Å². The van der Waals surface area contributed by atoms with E-state index in [4.69, 9.17) is 11.6 Å². The van der Waals surface area contributed by atoms with Crippen LogP contribution in [0.25, 0.3) is 0 Å². The van der Waals surface area contributed by atoms with Gasteiger partial charge >= 0.3 is 0 Å². The zero-order valence-electron chi connectivity index (χ0n) is 10.7. The maximum atomic E-state index is 12.5. The molecule has 0 atom stereocenters. The van der Waals surface area contributed by atoms with Gasteiger partial charge in [0.1, 0.15) is 0 Å². The van der Waals surface area contributed by atoms with E-state index in [1.54, 1.807) is 29.5 Å². The smallest absolute Gasteiger partial charge is 0.254 e. The van der Waals surface area contributed by atoms with Crippen LogP contribution < -0.4 is 0 Å². The molecule has 20 heavy (non-hydrogen) atoms. The van der Waals surface area contributed by atoms with E-state index in [-0.39, 0.29) is 5.91 Å². The Morgan fingerprint density at radius 1 is 1.30 bits per heavy atom. The number of rotatable bonds is 4. The molecule has 1 amide bonds. The highest BCUT2D eigenvalue weighted by molar-refractivity contribution is 9.11. The van der Waals surface area contributed by atoms with Crippen molar-refractivity contribution in [2.24, 2.45) is 0 Å². The first kappa shape index (κ1) is 16.0. The number of halogens is 3. The molecular weight excluding hydrogens is 425 g/mol. The fourth-order valence-electron chi connectivity index (χ4n) is 1.76. The van der Waals surface area contributed by atoms with Gasteiger partial charge in [-0.1, -0.05) is 11.6 Å². The lowest BCUT2D eigenvalue weighted by Gasteiger charge is -2.20. The Balaban J connectivity index is 2.18. The first-order chi connectivity index (χ1) is 9.51. The summed E-state index contributed by atoms with van der Waals surface area (Å²) >= 11 is 14.4. The molecule has 0 aliphatic heterocycles. The Bertz CT molecular complexity index is 629. The van der Waals surface area contributed by atoms with Crippen molar-refractivity contribution in [3.63, 3.8) is 0 Å². The first-order valence-electron chi connectivity index (χ1n) is 5.99. The molecule has 0 saturated heterocycles. The van der Waals surface area contributed by atoms with Crippen molar-refractivity contribution in [3.8, 4) is 0 Å². The highest BCUT2D eigenvalue weighted by Crippen LogP contribution is 2.26. The molecule has 0 saturated carbocycles. The van der Waals surface area contributed by atoms with Gasteiger partial charge in [0, 0.05) is 21.5 Å². The molecule has 6 heteroatoms. The van der Waals surface area contributed by atoms with E-state index >= 15 is 0 Å². The monoisotopic (exact) mass is 435 g/mol. The third kappa shape index (κ3) is 3.85. The van der Waals surface area contributed by atoms with Crippen LogP contribution in [0.3, 0.4) is 0 Å². The third-order valence-corrected chi connectivity index (χ3v) is 5.63. The summed E-state index contributed by atoms with van der Waals surface area (Å²) < 4.78 is 1.81. The van der Waals surface area contributed by atoms with Crippen LogP contribution in [0.15, 0.2) is 38.6 Å². The van der Waals surface area contributed by atoms with Gasteiger partial charge in [-0.3, -0.25) is 4.79 Å². The van der Waals surface area contributed by atoms with E-state index in [1.165, 1.54) is 0 Å². The average Bonchev–Trinajstić information content (AvgIpc) is 2.84. The Hall–Kier alpha value is -0.360. The molecule has 0 unspecified atom stereocenters. The van der Waals surface area contributed by atoms with E-state index in [2.05, 4.69) is 31.9 Å². The standard InChI is InChI=1S/C14H12Br2ClNOS/c1-2-18(8-10-4-6-13(16)20-10)14(19)9-3-5-12(17)11(15)7-9/h3-7H,2,8H2,1H3. The van der Waals surface area contributed by atoms with Crippen LogP contribution in [-0.4, -0.2) is 17.4 Å². The minimum absolute atomic E-state index is 0.00869. The molecule has 1 aromatic heterocycles. The summed E-state index contributed by atoms with van der Waals surface area (Å²) in [6, 6.07) is 9.27. The van der Waals surface area contributed by atoms with Crippen molar-refractivity contribution in [1.82, 2.24) is 4.90 Å². The lowest BCUT2D eigenvalue weighted by Crippen LogP contribution is -2.29. The molecule has 1 heterocycles. The van der Waals surface area contributed by atoms with Crippen molar-refractivity contribution >= 4 is 60.7 Å². The highest BCUT2D eigenvalue weighted by atomic mass is 79.9.